The fourth-order valence-electron chi connectivity index (χ4n) is 2.92. The van der Waals surface area contributed by atoms with E-state index in [9.17, 15) is 0 Å². The number of ether oxygens (including phenoxy) is 1. The fraction of sp³-hybridized carbons (Fsp3) is 0.846. The summed E-state index contributed by atoms with van der Waals surface area (Å²) in [5.74, 6) is 1.28. The van der Waals surface area contributed by atoms with Gasteiger partial charge in [0, 0.05) is 6.61 Å². The highest BCUT2D eigenvalue weighted by molar-refractivity contribution is 5.05. The van der Waals surface area contributed by atoms with Crippen molar-refractivity contribution in [3.8, 4) is 0 Å². The molecule has 18 heavy (non-hydrogen) atoms. The van der Waals surface area contributed by atoms with Crippen LogP contribution in [0.5, 0.6) is 0 Å². The van der Waals surface area contributed by atoms with Gasteiger partial charge in [-0.15, -0.1) is 0 Å². The van der Waals surface area contributed by atoms with Gasteiger partial charge in [-0.25, -0.2) is 0 Å². The van der Waals surface area contributed by atoms with E-state index in [4.69, 9.17) is 15.0 Å². The zero-order valence-electron chi connectivity index (χ0n) is 10.7. The van der Waals surface area contributed by atoms with E-state index in [0.717, 1.165) is 45.1 Å². The highest BCUT2D eigenvalue weighted by atomic mass is 16.5. The third-order valence-electron chi connectivity index (χ3n) is 4.09. The molecular weight excluding hydrogens is 230 g/mol. The van der Waals surface area contributed by atoms with E-state index in [0.29, 0.717) is 11.7 Å². The molecule has 1 saturated carbocycles. The molecule has 0 amide bonds. The molecule has 1 atom stereocenters. The van der Waals surface area contributed by atoms with E-state index in [2.05, 4.69) is 10.1 Å². The molecule has 2 fully saturated rings. The first kappa shape index (κ1) is 12.1. The van der Waals surface area contributed by atoms with Crippen molar-refractivity contribution >= 4 is 0 Å². The summed E-state index contributed by atoms with van der Waals surface area (Å²) in [6.45, 7) is 0.788. The fourth-order valence-corrected chi connectivity index (χ4v) is 2.92. The van der Waals surface area contributed by atoms with Gasteiger partial charge < -0.3 is 15.0 Å². The number of rotatable bonds is 2. The minimum atomic E-state index is -0.392. The molecule has 2 aliphatic rings. The highest BCUT2D eigenvalue weighted by Gasteiger charge is 2.34. The average molecular weight is 251 g/mol. The van der Waals surface area contributed by atoms with E-state index < -0.39 is 5.54 Å². The van der Waals surface area contributed by atoms with Gasteiger partial charge in [0.1, 0.15) is 6.10 Å². The third-order valence-corrected chi connectivity index (χ3v) is 4.09. The van der Waals surface area contributed by atoms with E-state index in [1.165, 1.54) is 12.8 Å². The van der Waals surface area contributed by atoms with Crippen LogP contribution in [0.4, 0.5) is 0 Å². The molecular formula is C13H21N3O2. The summed E-state index contributed by atoms with van der Waals surface area (Å²) in [6, 6.07) is 0. The Morgan fingerprint density at radius 3 is 2.56 bits per heavy atom. The minimum Gasteiger partial charge on any atom is -0.368 e. The van der Waals surface area contributed by atoms with E-state index in [1.54, 1.807) is 0 Å². The Hall–Kier alpha value is -0.940. The van der Waals surface area contributed by atoms with Crippen LogP contribution in [-0.2, 0) is 10.3 Å². The van der Waals surface area contributed by atoms with E-state index >= 15 is 0 Å². The molecule has 5 nitrogen and oxygen atoms in total. The minimum absolute atomic E-state index is 0.0133. The first-order valence-corrected chi connectivity index (χ1v) is 7.02. The number of hydrogen-bond donors (Lipinski definition) is 1. The van der Waals surface area contributed by atoms with Crippen molar-refractivity contribution in [1.29, 1.82) is 0 Å². The van der Waals surface area contributed by atoms with Crippen LogP contribution >= 0.6 is 0 Å². The number of nitrogens with zero attached hydrogens (tertiary/aromatic N) is 2. The Labute approximate surface area is 107 Å². The molecule has 3 rings (SSSR count). The van der Waals surface area contributed by atoms with Gasteiger partial charge in [0.2, 0.25) is 0 Å². The lowest BCUT2D eigenvalue weighted by atomic mass is 9.91. The molecule has 0 aromatic carbocycles. The lowest BCUT2D eigenvalue weighted by Gasteiger charge is -2.23. The third kappa shape index (κ3) is 2.29. The Kier molecular flexibility index (Phi) is 3.35. The Morgan fingerprint density at radius 2 is 1.89 bits per heavy atom. The van der Waals surface area contributed by atoms with Crippen LogP contribution in [0.1, 0.15) is 69.2 Å². The molecule has 1 aromatic heterocycles. The summed E-state index contributed by atoms with van der Waals surface area (Å²) in [4.78, 5) is 4.50. The summed E-state index contributed by atoms with van der Waals surface area (Å²) in [7, 11) is 0. The normalized spacial score (nSPS) is 28.2. The van der Waals surface area contributed by atoms with Crippen molar-refractivity contribution in [2.24, 2.45) is 5.73 Å². The quantitative estimate of drug-likeness (QED) is 0.817. The first-order chi connectivity index (χ1) is 8.78. The lowest BCUT2D eigenvalue weighted by Crippen LogP contribution is -2.37. The van der Waals surface area contributed by atoms with Crippen LogP contribution in [0.2, 0.25) is 0 Å². The highest BCUT2D eigenvalue weighted by Crippen LogP contribution is 2.34. The lowest BCUT2D eigenvalue weighted by molar-refractivity contribution is 0.0835. The average Bonchev–Trinajstić information content (AvgIpc) is 3.00. The summed E-state index contributed by atoms with van der Waals surface area (Å²) in [5, 5.41) is 4.11. The maximum absolute atomic E-state index is 6.47. The van der Waals surface area contributed by atoms with Crippen molar-refractivity contribution in [3.05, 3.63) is 11.7 Å². The summed E-state index contributed by atoms with van der Waals surface area (Å²) in [5.41, 5.74) is 6.07. The second kappa shape index (κ2) is 4.97. The van der Waals surface area contributed by atoms with Crippen LogP contribution in [0.3, 0.4) is 0 Å². The zero-order valence-corrected chi connectivity index (χ0v) is 10.7. The van der Waals surface area contributed by atoms with Crippen LogP contribution in [-0.4, -0.2) is 16.7 Å². The van der Waals surface area contributed by atoms with Gasteiger partial charge in [0.25, 0.3) is 5.89 Å². The second-order valence-corrected chi connectivity index (χ2v) is 5.53. The molecule has 2 N–H and O–H groups in total. The molecule has 0 radical (unpaired) electrons. The van der Waals surface area contributed by atoms with Crippen LogP contribution in [0.25, 0.3) is 0 Å². The van der Waals surface area contributed by atoms with Crippen molar-refractivity contribution < 1.29 is 9.26 Å². The second-order valence-electron chi connectivity index (χ2n) is 5.53. The molecule has 0 unspecified atom stereocenters. The van der Waals surface area contributed by atoms with Gasteiger partial charge in [-0.05, 0) is 25.7 Å². The molecule has 0 spiro atoms. The molecule has 0 bridgehead atoms. The van der Waals surface area contributed by atoms with Crippen molar-refractivity contribution in [2.75, 3.05) is 6.61 Å². The molecule has 1 aliphatic carbocycles. The molecule has 1 aromatic rings. The van der Waals surface area contributed by atoms with E-state index in [-0.39, 0.29) is 6.10 Å². The molecule has 2 heterocycles. The predicted molar refractivity (Wildman–Crippen MR) is 65.8 cm³/mol. The van der Waals surface area contributed by atoms with Crippen molar-refractivity contribution in [2.45, 2.75) is 63.0 Å². The standard InChI is InChI=1S/C13H21N3O2/c14-13(7-3-1-2-4-8-13)12-15-11(18-16-12)10-6-5-9-17-10/h10H,1-9,14H2/t10-/m1/s1. The Bertz CT molecular complexity index is 391. The molecule has 1 aliphatic heterocycles. The van der Waals surface area contributed by atoms with Crippen molar-refractivity contribution in [1.82, 2.24) is 10.1 Å². The van der Waals surface area contributed by atoms with E-state index in [1.807, 2.05) is 0 Å². The van der Waals surface area contributed by atoms with Crippen LogP contribution in [0, 0.1) is 0 Å². The Balaban J connectivity index is 1.78. The largest absolute Gasteiger partial charge is 0.368 e. The maximum atomic E-state index is 6.47. The van der Waals surface area contributed by atoms with Crippen LogP contribution < -0.4 is 5.73 Å². The molecule has 1 saturated heterocycles. The number of aromatic nitrogens is 2. The van der Waals surface area contributed by atoms with Gasteiger partial charge in [0.15, 0.2) is 5.82 Å². The SMILES string of the molecule is NC1(c2noc([C@H]3CCCO3)n2)CCCCCC1. The monoisotopic (exact) mass is 251 g/mol. The number of hydrogen-bond acceptors (Lipinski definition) is 5. The van der Waals surface area contributed by atoms with Gasteiger partial charge in [-0.1, -0.05) is 30.8 Å². The summed E-state index contributed by atoms with van der Waals surface area (Å²) in [6.07, 6.45) is 8.76. The summed E-state index contributed by atoms with van der Waals surface area (Å²) >= 11 is 0. The topological polar surface area (TPSA) is 74.2 Å². The number of nitrogens with two attached hydrogens (primary N) is 1. The predicted octanol–water partition coefficient (Wildman–Crippen LogP) is 2.43. The summed E-state index contributed by atoms with van der Waals surface area (Å²) < 4.78 is 10.9. The molecule has 100 valence electrons. The first-order valence-electron chi connectivity index (χ1n) is 7.02. The van der Waals surface area contributed by atoms with Gasteiger partial charge in [0.05, 0.1) is 5.54 Å². The Morgan fingerprint density at radius 1 is 1.11 bits per heavy atom. The zero-order chi connectivity index (χ0) is 12.4. The van der Waals surface area contributed by atoms with Crippen molar-refractivity contribution in [3.63, 3.8) is 0 Å². The maximum Gasteiger partial charge on any atom is 0.255 e. The van der Waals surface area contributed by atoms with Crippen LogP contribution in [0.15, 0.2) is 4.52 Å². The van der Waals surface area contributed by atoms with Gasteiger partial charge in [-0.2, -0.15) is 4.98 Å². The molecule has 5 heteroatoms. The van der Waals surface area contributed by atoms with Gasteiger partial charge >= 0.3 is 0 Å². The van der Waals surface area contributed by atoms with Gasteiger partial charge in [-0.3, -0.25) is 0 Å². The smallest absolute Gasteiger partial charge is 0.255 e.